The molecule has 1 aliphatic heterocycles. The van der Waals surface area contributed by atoms with E-state index in [9.17, 15) is 14.4 Å². The van der Waals surface area contributed by atoms with Crippen molar-refractivity contribution < 1.29 is 23.5 Å². The Morgan fingerprint density at radius 1 is 1.06 bits per heavy atom. The van der Waals surface area contributed by atoms with Crippen LogP contribution in [-0.2, 0) is 27.3 Å². The van der Waals surface area contributed by atoms with Gasteiger partial charge in [0, 0.05) is 0 Å². The largest absolute Gasteiger partial charge is 0.494 e. The van der Waals surface area contributed by atoms with Crippen LogP contribution in [0.2, 0.25) is 0 Å². The number of hydrogen-bond donors (Lipinski definition) is 0. The third kappa shape index (κ3) is 4.56. The highest BCUT2D eigenvalue weighted by Crippen LogP contribution is 2.28. The zero-order chi connectivity index (χ0) is 22.5. The van der Waals surface area contributed by atoms with Gasteiger partial charge in [0.1, 0.15) is 17.6 Å². The molecule has 1 aliphatic rings. The first-order valence-electron chi connectivity index (χ1n) is 10.5. The summed E-state index contributed by atoms with van der Waals surface area (Å²) >= 11 is 0. The third-order valence-corrected chi connectivity index (χ3v) is 5.33. The van der Waals surface area contributed by atoms with Crippen LogP contribution in [0.1, 0.15) is 24.7 Å². The molecular weight excluding hydrogens is 408 g/mol. The van der Waals surface area contributed by atoms with E-state index in [0.29, 0.717) is 23.8 Å². The van der Waals surface area contributed by atoms with E-state index in [1.165, 1.54) is 11.2 Å². The van der Waals surface area contributed by atoms with Crippen LogP contribution in [0.5, 0.6) is 5.75 Å². The Bertz CT molecular complexity index is 1080. The van der Waals surface area contributed by atoms with Gasteiger partial charge >= 0.3 is 0 Å². The van der Waals surface area contributed by atoms with E-state index in [4.69, 9.17) is 9.15 Å². The number of hydrogen-bond acceptors (Lipinski definition) is 5. The van der Waals surface area contributed by atoms with Gasteiger partial charge in [0.05, 0.1) is 37.9 Å². The number of furan rings is 1. The number of carbonyl (C=O) groups is 3. The molecule has 4 rings (SSSR count). The Kier molecular flexibility index (Phi) is 6.35. The summed E-state index contributed by atoms with van der Waals surface area (Å²) in [6, 6.07) is 18.7. The van der Waals surface area contributed by atoms with Crippen molar-refractivity contribution in [3.05, 3.63) is 84.3 Å². The highest BCUT2D eigenvalue weighted by Gasteiger charge is 2.44. The molecule has 0 N–H and O–H groups in total. The topological polar surface area (TPSA) is 80.1 Å². The minimum atomic E-state index is -0.893. The smallest absolute Gasteiger partial charge is 0.257 e. The lowest BCUT2D eigenvalue weighted by Crippen LogP contribution is -2.45. The summed E-state index contributed by atoms with van der Waals surface area (Å²) < 4.78 is 10.8. The number of ether oxygens (including phenoxy) is 1. The van der Waals surface area contributed by atoms with Gasteiger partial charge in [-0.25, -0.2) is 4.90 Å². The highest BCUT2D eigenvalue weighted by molar-refractivity contribution is 6.23. The van der Waals surface area contributed by atoms with E-state index in [2.05, 4.69) is 0 Å². The van der Waals surface area contributed by atoms with Crippen LogP contribution in [0.4, 0.5) is 5.69 Å². The van der Waals surface area contributed by atoms with E-state index < -0.39 is 11.9 Å². The van der Waals surface area contributed by atoms with E-state index in [1.807, 2.05) is 37.3 Å². The van der Waals surface area contributed by atoms with Gasteiger partial charge in [0.15, 0.2) is 0 Å². The summed E-state index contributed by atoms with van der Waals surface area (Å²) in [4.78, 5) is 41.9. The maximum Gasteiger partial charge on any atom is 0.257 e. The molecule has 32 heavy (non-hydrogen) atoms. The normalized spacial score (nSPS) is 15.8. The molecule has 0 aliphatic carbocycles. The lowest BCUT2D eigenvalue weighted by molar-refractivity contribution is -0.138. The Hall–Kier alpha value is -3.87. The molecule has 1 fully saturated rings. The van der Waals surface area contributed by atoms with Crippen LogP contribution >= 0.6 is 0 Å². The van der Waals surface area contributed by atoms with Crippen molar-refractivity contribution in [2.45, 2.75) is 32.4 Å². The molecule has 0 spiro atoms. The van der Waals surface area contributed by atoms with Gasteiger partial charge in [-0.3, -0.25) is 14.4 Å². The highest BCUT2D eigenvalue weighted by atomic mass is 16.5. The monoisotopic (exact) mass is 432 g/mol. The molecule has 7 heteroatoms. The zero-order valence-electron chi connectivity index (χ0n) is 17.8. The maximum atomic E-state index is 13.3. The second-order valence-corrected chi connectivity index (χ2v) is 7.48. The standard InChI is InChI=1S/C25H24N2O5/c1-2-31-20-12-10-19(11-13-20)27-24(29)16-22(25(27)30)26(17-21-9-6-14-32-21)23(28)15-18-7-4-3-5-8-18/h3-14,22H,2,15-17H2,1H3. The van der Waals surface area contributed by atoms with Crippen molar-refractivity contribution >= 4 is 23.4 Å². The van der Waals surface area contributed by atoms with Crippen molar-refractivity contribution in [1.82, 2.24) is 4.90 Å². The fraction of sp³-hybridized carbons (Fsp3) is 0.240. The van der Waals surface area contributed by atoms with E-state index in [1.54, 1.807) is 36.4 Å². The molecule has 1 aromatic heterocycles. The van der Waals surface area contributed by atoms with Gasteiger partial charge in [-0.1, -0.05) is 30.3 Å². The number of amides is 3. The number of rotatable bonds is 8. The molecule has 0 saturated carbocycles. The van der Waals surface area contributed by atoms with E-state index >= 15 is 0 Å². The molecule has 7 nitrogen and oxygen atoms in total. The molecule has 0 bridgehead atoms. The summed E-state index contributed by atoms with van der Waals surface area (Å²) in [7, 11) is 0. The molecule has 164 valence electrons. The van der Waals surface area contributed by atoms with E-state index in [0.717, 1.165) is 10.5 Å². The fourth-order valence-electron chi connectivity index (χ4n) is 3.80. The summed E-state index contributed by atoms with van der Waals surface area (Å²) in [5.41, 5.74) is 1.29. The Morgan fingerprint density at radius 2 is 1.81 bits per heavy atom. The first-order valence-corrected chi connectivity index (χ1v) is 10.5. The van der Waals surface area contributed by atoms with Crippen molar-refractivity contribution in [2.75, 3.05) is 11.5 Å². The minimum absolute atomic E-state index is 0.0761. The molecule has 2 heterocycles. The number of carbonyl (C=O) groups excluding carboxylic acids is 3. The molecule has 3 aromatic rings. The van der Waals surface area contributed by atoms with Gasteiger partial charge in [-0.05, 0) is 48.9 Å². The summed E-state index contributed by atoms with van der Waals surface area (Å²) in [5, 5.41) is 0. The second kappa shape index (κ2) is 9.51. The van der Waals surface area contributed by atoms with Crippen LogP contribution in [0, 0.1) is 0 Å². The predicted octanol–water partition coefficient (Wildman–Crippen LogP) is 3.58. The van der Waals surface area contributed by atoms with Gasteiger partial charge < -0.3 is 14.1 Å². The predicted molar refractivity (Wildman–Crippen MR) is 118 cm³/mol. The van der Waals surface area contributed by atoms with Gasteiger partial charge in [0.2, 0.25) is 11.8 Å². The van der Waals surface area contributed by atoms with Crippen molar-refractivity contribution in [3.8, 4) is 5.75 Å². The van der Waals surface area contributed by atoms with Crippen LogP contribution < -0.4 is 9.64 Å². The first kappa shape index (κ1) is 21.4. The van der Waals surface area contributed by atoms with Crippen molar-refractivity contribution in [1.29, 1.82) is 0 Å². The lowest BCUT2D eigenvalue weighted by Gasteiger charge is -2.27. The van der Waals surface area contributed by atoms with Crippen LogP contribution in [0.3, 0.4) is 0 Å². The van der Waals surface area contributed by atoms with Gasteiger partial charge in [-0.2, -0.15) is 0 Å². The summed E-state index contributed by atoms with van der Waals surface area (Å²) in [5.74, 6) is 0.191. The fourth-order valence-corrected chi connectivity index (χ4v) is 3.80. The third-order valence-electron chi connectivity index (χ3n) is 5.33. The first-order chi connectivity index (χ1) is 15.6. The number of anilines is 1. The van der Waals surface area contributed by atoms with Crippen molar-refractivity contribution in [3.63, 3.8) is 0 Å². The molecule has 1 unspecified atom stereocenters. The molecule has 3 amide bonds. The average molecular weight is 432 g/mol. The Labute approximate surface area is 186 Å². The van der Waals surface area contributed by atoms with Crippen LogP contribution in [0.25, 0.3) is 0 Å². The van der Waals surface area contributed by atoms with Gasteiger partial charge in [-0.15, -0.1) is 0 Å². The molecule has 0 radical (unpaired) electrons. The van der Waals surface area contributed by atoms with E-state index in [-0.39, 0.29) is 31.2 Å². The molecule has 1 saturated heterocycles. The average Bonchev–Trinajstić information content (AvgIpc) is 3.41. The quantitative estimate of drug-likeness (QED) is 0.509. The molecular formula is C25H24N2O5. The molecule has 2 aromatic carbocycles. The summed E-state index contributed by atoms with van der Waals surface area (Å²) in [6.07, 6.45) is 1.57. The van der Waals surface area contributed by atoms with Gasteiger partial charge in [0.25, 0.3) is 5.91 Å². The zero-order valence-corrected chi connectivity index (χ0v) is 17.8. The lowest BCUT2D eigenvalue weighted by atomic mass is 10.1. The Morgan fingerprint density at radius 3 is 2.47 bits per heavy atom. The van der Waals surface area contributed by atoms with Crippen LogP contribution in [-0.4, -0.2) is 35.3 Å². The minimum Gasteiger partial charge on any atom is -0.494 e. The van der Waals surface area contributed by atoms with Crippen LogP contribution in [0.15, 0.2) is 77.4 Å². The second-order valence-electron chi connectivity index (χ2n) is 7.48. The molecule has 1 atom stereocenters. The Balaban J connectivity index is 1.58. The number of imide groups is 1. The number of benzene rings is 2. The van der Waals surface area contributed by atoms with Crippen molar-refractivity contribution in [2.24, 2.45) is 0 Å². The maximum absolute atomic E-state index is 13.3. The number of nitrogens with zero attached hydrogens (tertiary/aromatic N) is 2. The SMILES string of the molecule is CCOc1ccc(N2C(=O)CC(N(Cc3ccco3)C(=O)Cc3ccccc3)C2=O)cc1. The summed E-state index contributed by atoms with van der Waals surface area (Å²) in [6.45, 7) is 2.51.